The number of carbonyl (C=O) groups is 1. The van der Waals surface area contributed by atoms with Crippen LogP contribution in [0.2, 0.25) is 5.02 Å². The van der Waals surface area contributed by atoms with Gasteiger partial charge in [0.05, 0.1) is 10.7 Å². The van der Waals surface area contributed by atoms with Crippen molar-refractivity contribution in [3.63, 3.8) is 0 Å². The van der Waals surface area contributed by atoms with E-state index in [2.05, 4.69) is 5.10 Å². The smallest absolute Gasteiger partial charge is 0.152 e. The third-order valence-electron chi connectivity index (χ3n) is 2.61. The Morgan fingerprint density at radius 3 is 2.76 bits per heavy atom. The van der Waals surface area contributed by atoms with Crippen molar-refractivity contribution in [3.05, 3.63) is 41.0 Å². The van der Waals surface area contributed by atoms with Gasteiger partial charge in [0, 0.05) is 23.4 Å². The zero-order chi connectivity index (χ0) is 12.4. The van der Waals surface area contributed by atoms with Crippen molar-refractivity contribution >= 4 is 17.9 Å². The SMILES string of the molecule is CC(C)n1nccc1-c1cccc(Cl)c1C=O. The van der Waals surface area contributed by atoms with E-state index in [1.54, 1.807) is 12.3 Å². The van der Waals surface area contributed by atoms with Gasteiger partial charge in [0.25, 0.3) is 0 Å². The van der Waals surface area contributed by atoms with Crippen LogP contribution in [0, 0.1) is 0 Å². The van der Waals surface area contributed by atoms with E-state index in [1.807, 2.05) is 36.7 Å². The lowest BCUT2D eigenvalue weighted by molar-refractivity contribution is 0.112. The van der Waals surface area contributed by atoms with Gasteiger partial charge < -0.3 is 0 Å². The molecule has 0 fully saturated rings. The highest BCUT2D eigenvalue weighted by molar-refractivity contribution is 6.33. The second-order valence-corrected chi connectivity index (χ2v) is 4.48. The van der Waals surface area contributed by atoms with Crippen molar-refractivity contribution in [2.75, 3.05) is 0 Å². The molecule has 1 aromatic carbocycles. The normalized spacial score (nSPS) is 10.8. The van der Waals surface area contributed by atoms with Gasteiger partial charge in [0.15, 0.2) is 6.29 Å². The molecular weight excluding hydrogens is 236 g/mol. The average molecular weight is 249 g/mol. The lowest BCUT2D eigenvalue weighted by Crippen LogP contribution is -2.05. The first-order valence-electron chi connectivity index (χ1n) is 5.42. The van der Waals surface area contributed by atoms with E-state index in [4.69, 9.17) is 11.6 Å². The van der Waals surface area contributed by atoms with E-state index < -0.39 is 0 Å². The van der Waals surface area contributed by atoms with Crippen molar-refractivity contribution in [1.29, 1.82) is 0 Å². The highest BCUT2D eigenvalue weighted by Crippen LogP contribution is 2.28. The number of nitrogens with zero attached hydrogens (tertiary/aromatic N) is 2. The molecule has 88 valence electrons. The molecular formula is C13H13ClN2O. The second-order valence-electron chi connectivity index (χ2n) is 4.07. The van der Waals surface area contributed by atoms with Crippen LogP contribution in [0.5, 0.6) is 0 Å². The van der Waals surface area contributed by atoms with Crippen LogP contribution in [0.15, 0.2) is 30.5 Å². The summed E-state index contributed by atoms with van der Waals surface area (Å²) in [4.78, 5) is 11.1. The quantitative estimate of drug-likeness (QED) is 0.778. The Kier molecular flexibility index (Phi) is 3.29. The summed E-state index contributed by atoms with van der Waals surface area (Å²) in [6.45, 7) is 4.09. The molecule has 4 heteroatoms. The maximum atomic E-state index is 11.1. The molecule has 1 heterocycles. The van der Waals surface area contributed by atoms with Crippen molar-refractivity contribution < 1.29 is 4.79 Å². The van der Waals surface area contributed by atoms with Gasteiger partial charge in [-0.3, -0.25) is 9.48 Å². The Morgan fingerprint density at radius 2 is 2.12 bits per heavy atom. The summed E-state index contributed by atoms with van der Waals surface area (Å²) in [7, 11) is 0. The molecule has 2 rings (SSSR count). The second kappa shape index (κ2) is 4.72. The third kappa shape index (κ3) is 2.11. The first kappa shape index (κ1) is 11.9. The summed E-state index contributed by atoms with van der Waals surface area (Å²) in [6.07, 6.45) is 2.51. The lowest BCUT2D eigenvalue weighted by Gasteiger charge is -2.12. The van der Waals surface area contributed by atoms with E-state index in [1.165, 1.54) is 0 Å². The van der Waals surface area contributed by atoms with Gasteiger partial charge >= 0.3 is 0 Å². The lowest BCUT2D eigenvalue weighted by atomic mass is 10.1. The summed E-state index contributed by atoms with van der Waals surface area (Å²) in [5, 5.41) is 4.72. The topological polar surface area (TPSA) is 34.9 Å². The number of aromatic nitrogens is 2. The molecule has 0 saturated heterocycles. The third-order valence-corrected chi connectivity index (χ3v) is 2.94. The predicted molar refractivity (Wildman–Crippen MR) is 68.4 cm³/mol. The van der Waals surface area contributed by atoms with Crippen LogP contribution >= 0.6 is 11.6 Å². The molecule has 0 saturated carbocycles. The number of hydrogen-bond donors (Lipinski definition) is 0. The van der Waals surface area contributed by atoms with Crippen LogP contribution in [0.1, 0.15) is 30.2 Å². The monoisotopic (exact) mass is 248 g/mol. The summed E-state index contributed by atoms with van der Waals surface area (Å²) in [5.41, 5.74) is 2.24. The zero-order valence-corrected chi connectivity index (χ0v) is 10.5. The Bertz CT molecular complexity index is 546. The van der Waals surface area contributed by atoms with Crippen molar-refractivity contribution in [1.82, 2.24) is 9.78 Å². The number of aldehydes is 1. The van der Waals surface area contributed by atoms with Gasteiger partial charge in [-0.15, -0.1) is 0 Å². The Balaban J connectivity index is 2.64. The maximum absolute atomic E-state index is 11.1. The first-order valence-corrected chi connectivity index (χ1v) is 5.80. The number of halogens is 1. The molecule has 2 aromatic rings. The number of hydrogen-bond acceptors (Lipinski definition) is 2. The number of benzene rings is 1. The average Bonchev–Trinajstić information content (AvgIpc) is 2.77. The van der Waals surface area contributed by atoms with Crippen LogP contribution < -0.4 is 0 Å². The molecule has 1 aromatic heterocycles. The van der Waals surface area contributed by atoms with Crippen LogP contribution in [0.25, 0.3) is 11.3 Å². The molecule has 0 aliphatic carbocycles. The van der Waals surface area contributed by atoms with Gasteiger partial charge in [-0.05, 0) is 26.0 Å². The minimum atomic E-state index is 0.235. The summed E-state index contributed by atoms with van der Waals surface area (Å²) in [5.74, 6) is 0. The molecule has 0 aliphatic rings. The van der Waals surface area contributed by atoms with Crippen molar-refractivity contribution in [2.24, 2.45) is 0 Å². The minimum Gasteiger partial charge on any atom is -0.298 e. The molecule has 0 aliphatic heterocycles. The predicted octanol–water partition coefficient (Wildman–Crippen LogP) is 3.60. The fraction of sp³-hybridized carbons (Fsp3) is 0.231. The first-order chi connectivity index (χ1) is 8.15. The molecule has 3 nitrogen and oxygen atoms in total. The molecule has 17 heavy (non-hydrogen) atoms. The Hall–Kier alpha value is -1.61. The van der Waals surface area contributed by atoms with E-state index in [-0.39, 0.29) is 6.04 Å². The van der Waals surface area contributed by atoms with Crippen LogP contribution in [-0.2, 0) is 0 Å². The fourth-order valence-electron chi connectivity index (χ4n) is 1.82. The van der Waals surface area contributed by atoms with Gasteiger partial charge in [-0.2, -0.15) is 5.10 Å². The molecule has 0 N–H and O–H groups in total. The highest BCUT2D eigenvalue weighted by atomic mass is 35.5. The van der Waals surface area contributed by atoms with Gasteiger partial charge in [-0.25, -0.2) is 0 Å². The van der Waals surface area contributed by atoms with E-state index >= 15 is 0 Å². The zero-order valence-electron chi connectivity index (χ0n) is 9.72. The van der Waals surface area contributed by atoms with Crippen LogP contribution in [0.4, 0.5) is 0 Å². The summed E-state index contributed by atoms with van der Waals surface area (Å²) in [6, 6.07) is 7.55. The van der Waals surface area contributed by atoms with Gasteiger partial charge in [-0.1, -0.05) is 23.7 Å². The molecule has 0 spiro atoms. The van der Waals surface area contributed by atoms with Crippen LogP contribution in [0.3, 0.4) is 0 Å². The summed E-state index contributed by atoms with van der Waals surface area (Å²) >= 11 is 6.02. The Morgan fingerprint density at radius 1 is 1.35 bits per heavy atom. The maximum Gasteiger partial charge on any atom is 0.152 e. The van der Waals surface area contributed by atoms with E-state index in [0.29, 0.717) is 10.6 Å². The van der Waals surface area contributed by atoms with Gasteiger partial charge in [0.2, 0.25) is 0 Å². The minimum absolute atomic E-state index is 0.235. The van der Waals surface area contributed by atoms with Crippen molar-refractivity contribution in [3.8, 4) is 11.3 Å². The van der Waals surface area contributed by atoms with Gasteiger partial charge in [0.1, 0.15) is 0 Å². The molecule has 0 radical (unpaired) electrons. The summed E-state index contributed by atoms with van der Waals surface area (Å²) < 4.78 is 1.87. The fourth-order valence-corrected chi connectivity index (χ4v) is 2.04. The highest BCUT2D eigenvalue weighted by Gasteiger charge is 2.13. The van der Waals surface area contributed by atoms with E-state index in [9.17, 15) is 4.79 Å². The number of carbonyl (C=O) groups excluding carboxylic acids is 1. The Labute approximate surface area is 105 Å². The molecule has 0 amide bonds. The largest absolute Gasteiger partial charge is 0.298 e. The molecule has 0 atom stereocenters. The van der Waals surface area contributed by atoms with Crippen molar-refractivity contribution in [2.45, 2.75) is 19.9 Å². The molecule has 0 bridgehead atoms. The standard InChI is InChI=1S/C13H13ClN2O/c1-9(2)16-13(6-7-15-16)10-4-3-5-12(14)11(10)8-17/h3-9H,1-2H3. The van der Waals surface area contributed by atoms with E-state index in [0.717, 1.165) is 17.5 Å². The number of rotatable bonds is 3. The molecule has 0 unspecified atom stereocenters. The van der Waals surface area contributed by atoms with Crippen LogP contribution in [-0.4, -0.2) is 16.1 Å².